The van der Waals surface area contributed by atoms with Crippen molar-refractivity contribution in [1.29, 1.82) is 0 Å². The molecule has 6 rings (SSSR count). The molecule has 0 saturated heterocycles. The number of aliphatic imine (C=N–C) groups is 1. The highest BCUT2D eigenvalue weighted by Gasteiger charge is 2.39. The second-order valence-electron chi connectivity index (χ2n) is 14.4. The van der Waals surface area contributed by atoms with Crippen molar-refractivity contribution in [3.63, 3.8) is 0 Å². The van der Waals surface area contributed by atoms with Gasteiger partial charge in [-0.2, -0.15) is 46.7 Å². The van der Waals surface area contributed by atoms with Gasteiger partial charge in [0, 0.05) is 23.2 Å². The number of carbonyl (C=O) groups is 2. The van der Waals surface area contributed by atoms with Crippen LogP contribution >= 0.6 is 11.6 Å². The number of carbonyl (C=O) groups excluding carboxylic acids is 2. The first-order chi connectivity index (χ1) is 26.0. The molecule has 13 nitrogen and oxygen atoms in total. The molecule has 2 aliphatic rings. The Morgan fingerprint density at radius 1 is 1.09 bits per heavy atom. The number of halogens is 6. The van der Waals surface area contributed by atoms with Crippen LogP contribution in [0.4, 0.5) is 26.7 Å². The Hall–Kier alpha value is -5.13. The number of ether oxygens (including phenoxy) is 1. The number of rotatable bonds is 14. The van der Waals surface area contributed by atoms with E-state index >= 15 is 0 Å². The fourth-order valence-corrected chi connectivity index (χ4v) is 6.31. The normalized spacial score (nSPS) is 16.2. The van der Waals surface area contributed by atoms with Crippen LogP contribution in [0.3, 0.4) is 0 Å². The maximum absolute atomic E-state index is 14.6. The van der Waals surface area contributed by atoms with Crippen molar-refractivity contribution in [1.82, 2.24) is 40.0 Å². The van der Waals surface area contributed by atoms with Crippen molar-refractivity contribution in [2.45, 2.75) is 83.7 Å². The number of nitrogens with zero attached hydrogens (tertiary/aromatic N) is 8. The lowest BCUT2D eigenvalue weighted by molar-refractivity contribution is -0.150. The number of hydrogen-bond acceptors (Lipinski definition) is 8. The van der Waals surface area contributed by atoms with E-state index in [-0.39, 0.29) is 51.5 Å². The molecule has 19 heteroatoms. The molecule has 2 amide bonds. The molecule has 294 valence electrons. The third-order valence-electron chi connectivity index (χ3n) is 9.87. The summed E-state index contributed by atoms with van der Waals surface area (Å²) >= 11 is 6.46. The molecular weight excluding hydrogens is 751 g/mol. The van der Waals surface area contributed by atoms with Crippen molar-refractivity contribution in [2.24, 2.45) is 22.1 Å². The molecule has 3 N–H and O–H groups in total. The molecule has 2 aliphatic carbocycles. The molecule has 2 fully saturated rings. The van der Waals surface area contributed by atoms with Crippen molar-refractivity contribution < 1.29 is 36.3 Å². The van der Waals surface area contributed by atoms with Gasteiger partial charge < -0.3 is 15.8 Å². The van der Waals surface area contributed by atoms with Crippen LogP contribution in [0.1, 0.15) is 87.4 Å². The number of alkyl carbamates (subject to hydrolysis) is 1. The second kappa shape index (κ2) is 15.9. The van der Waals surface area contributed by atoms with E-state index in [1.165, 1.54) is 18.2 Å². The lowest BCUT2D eigenvalue weighted by atomic mass is 9.84. The largest absolute Gasteiger partial charge is 0.447 e. The first kappa shape index (κ1) is 39.6. The molecule has 0 aliphatic heterocycles. The quantitative estimate of drug-likeness (QED) is 0.0752. The molecule has 2 saturated carbocycles. The van der Waals surface area contributed by atoms with Crippen LogP contribution in [0.25, 0.3) is 22.6 Å². The number of amides is 2. The maximum atomic E-state index is 14.6. The van der Waals surface area contributed by atoms with E-state index in [1.54, 1.807) is 40.6 Å². The minimum atomic E-state index is -4.77. The van der Waals surface area contributed by atoms with Crippen LogP contribution in [0.15, 0.2) is 60.0 Å². The Kier molecular flexibility index (Phi) is 11.5. The van der Waals surface area contributed by atoms with E-state index in [2.05, 4.69) is 39.1 Å². The average Bonchev–Trinajstić information content (AvgIpc) is 4.07. The number of nitrogens with two attached hydrogens (primary N) is 1. The van der Waals surface area contributed by atoms with Gasteiger partial charge in [-0.05, 0) is 80.2 Å². The molecule has 0 unspecified atom stereocenters. The van der Waals surface area contributed by atoms with E-state index in [0.717, 1.165) is 43.8 Å². The molecule has 2 atom stereocenters. The zero-order valence-corrected chi connectivity index (χ0v) is 30.9. The van der Waals surface area contributed by atoms with Gasteiger partial charge in [-0.3, -0.25) is 14.7 Å². The molecule has 55 heavy (non-hydrogen) atoms. The van der Waals surface area contributed by atoms with Crippen LogP contribution in [0.5, 0.6) is 0 Å². The highest BCUT2D eigenvalue weighted by Crippen LogP contribution is 2.47. The van der Waals surface area contributed by atoms with Crippen molar-refractivity contribution >= 4 is 29.6 Å². The topological polar surface area (TPSA) is 158 Å². The van der Waals surface area contributed by atoms with Crippen molar-refractivity contribution in [2.75, 3.05) is 13.2 Å². The van der Waals surface area contributed by atoms with Gasteiger partial charge in [0.05, 0.1) is 23.3 Å². The Morgan fingerprint density at radius 2 is 1.80 bits per heavy atom. The Labute approximate surface area is 318 Å². The lowest BCUT2D eigenvalue weighted by Gasteiger charge is -2.32. The van der Waals surface area contributed by atoms with Crippen LogP contribution in [-0.4, -0.2) is 78.0 Å². The number of hydrogen-bond donors (Lipinski definition) is 2. The Morgan fingerprint density at radius 3 is 2.44 bits per heavy atom. The summed E-state index contributed by atoms with van der Waals surface area (Å²) in [6.07, 6.45) is 1.14. The van der Waals surface area contributed by atoms with Crippen LogP contribution in [0, 0.1) is 11.3 Å². The van der Waals surface area contributed by atoms with Gasteiger partial charge in [0.1, 0.15) is 24.7 Å². The molecule has 4 aromatic rings. The second-order valence-corrected chi connectivity index (χ2v) is 14.8. The maximum Gasteiger partial charge on any atom is 0.408 e. The molecule has 2 aromatic heterocycles. The predicted molar refractivity (Wildman–Crippen MR) is 192 cm³/mol. The van der Waals surface area contributed by atoms with E-state index in [4.69, 9.17) is 22.1 Å². The number of alkyl halides is 5. The van der Waals surface area contributed by atoms with E-state index in [1.807, 2.05) is 0 Å². The molecule has 0 radical (unpaired) electrons. The predicted octanol–water partition coefficient (Wildman–Crippen LogP) is 7.59. The lowest BCUT2D eigenvalue weighted by Crippen LogP contribution is -2.47. The van der Waals surface area contributed by atoms with Gasteiger partial charge in [-0.1, -0.05) is 43.6 Å². The highest BCUT2D eigenvalue weighted by molar-refractivity contribution is 6.33. The summed E-state index contributed by atoms with van der Waals surface area (Å²) in [5, 5.41) is 14.1. The third-order valence-corrected chi connectivity index (χ3v) is 10.2. The van der Waals surface area contributed by atoms with Crippen LogP contribution in [0.2, 0.25) is 5.02 Å². The van der Waals surface area contributed by atoms with E-state index in [9.17, 15) is 31.5 Å². The molecule has 2 heterocycles. The summed E-state index contributed by atoms with van der Waals surface area (Å²) < 4.78 is 73.3. The summed E-state index contributed by atoms with van der Waals surface area (Å²) in [4.78, 5) is 38.5. The average molecular weight is 791 g/mol. The number of benzene rings is 2. The van der Waals surface area contributed by atoms with Gasteiger partial charge in [0.25, 0.3) is 5.91 Å². The molecule has 0 spiro atoms. The number of guanidine groups is 1. The SMILES string of the molecule is C[C@H](NC(=O)OC[C@H](c1ccc(Cl)c(-c2ncnn2C(F)F)c1)N(C(=O)c1ccc(-c2cnn(C3CC3)n2)cc1)C(N)=NCCC(C)(C)C1CC1)C(F)(F)F. The molecular formula is C36H40ClF5N10O3. The van der Waals surface area contributed by atoms with Gasteiger partial charge in [0.2, 0.25) is 0 Å². The molecule has 2 aromatic carbocycles. The minimum Gasteiger partial charge on any atom is -0.447 e. The summed E-state index contributed by atoms with van der Waals surface area (Å²) in [6, 6.07) is 7.20. The van der Waals surface area contributed by atoms with Crippen molar-refractivity contribution in [3.8, 4) is 22.6 Å². The zero-order valence-electron chi connectivity index (χ0n) is 30.2. The summed E-state index contributed by atoms with van der Waals surface area (Å²) in [6.45, 7) is 1.37. The van der Waals surface area contributed by atoms with Crippen molar-refractivity contribution in [3.05, 3.63) is 71.1 Å². The van der Waals surface area contributed by atoms with E-state index in [0.29, 0.717) is 28.3 Å². The minimum absolute atomic E-state index is 0.00825. The smallest absolute Gasteiger partial charge is 0.408 e. The molecule has 0 bridgehead atoms. The highest BCUT2D eigenvalue weighted by atomic mass is 35.5. The monoisotopic (exact) mass is 790 g/mol. The fraction of sp³-hybridized carbons (Fsp3) is 0.472. The number of nitrogens with one attached hydrogen (secondary N) is 1. The summed E-state index contributed by atoms with van der Waals surface area (Å²) in [5.74, 6) is -0.777. The number of aromatic nitrogens is 6. The third kappa shape index (κ3) is 9.40. The Balaban J connectivity index is 1.39. The van der Waals surface area contributed by atoms with Crippen LogP contribution in [-0.2, 0) is 4.74 Å². The summed E-state index contributed by atoms with van der Waals surface area (Å²) in [7, 11) is 0. The first-order valence-corrected chi connectivity index (χ1v) is 18.0. The fourth-order valence-electron chi connectivity index (χ4n) is 6.10. The van der Waals surface area contributed by atoms with Gasteiger partial charge in [-0.25, -0.2) is 9.78 Å². The summed E-state index contributed by atoms with van der Waals surface area (Å²) in [5.41, 5.74) is 8.10. The first-order valence-electron chi connectivity index (χ1n) is 17.7. The van der Waals surface area contributed by atoms with E-state index < -0.39 is 43.4 Å². The van der Waals surface area contributed by atoms with Gasteiger partial charge in [-0.15, -0.1) is 0 Å². The van der Waals surface area contributed by atoms with Gasteiger partial charge >= 0.3 is 18.8 Å². The standard InChI is InChI=1S/C36H40ClF5N10O3/c1-20(36(40,41)42)48-34(54)55-18-29(23-8-13-27(37)26(16-23)30-45-19-47-51(30)32(38)39)50(33(43)44-15-14-35(2,3)24-9-10-24)31(53)22-6-4-21(5-7-22)28-17-46-52(49-28)25-11-12-25/h4-8,13,16-17,19-20,24-25,29,32H,9-12,14-15,18H2,1-3H3,(H2,43,44)(H,48,54)/t20-,29+/m0/s1. The van der Waals surface area contributed by atoms with Crippen LogP contribution < -0.4 is 11.1 Å². The van der Waals surface area contributed by atoms with Gasteiger partial charge in [0.15, 0.2) is 11.8 Å². The zero-order chi connectivity index (χ0) is 39.7. The Bertz CT molecular complexity index is 2030.